The average molecular weight is 326 g/mol. The summed E-state index contributed by atoms with van der Waals surface area (Å²) in [6.45, 7) is 0.205. The monoisotopic (exact) mass is 326 g/mol. The van der Waals surface area contributed by atoms with Crippen LogP contribution in [-0.4, -0.2) is 26.5 Å². The molecule has 0 aliphatic rings. The van der Waals surface area contributed by atoms with Gasteiger partial charge in [0.05, 0.1) is 23.9 Å². The molecule has 1 heterocycles. The van der Waals surface area contributed by atoms with Gasteiger partial charge >= 0.3 is 5.97 Å². The molecular formula is C13H14N2O4S2. The molecule has 1 aromatic carbocycles. The van der Waals surface area contributed by atoms with Gasteiger partial charge in [0, 0.05) is 17.6 Å². The van der Waals surface area contributed by atoms with Crippen LogP contribution >= 0.6 is 11.3 Å². The molecule has 0 atom stereocenters. The number of ether oxygens (including phenoxy) is 1. The van der Waals surface area contributed by atoms with Crippen molar-refractivity contribution in [3.8, 4) is 0 Å². The van der Waals surface area contributed by atoms with Crippen LogP contribution in [0.1, 0.15) is 10.4 Å². The van der Waals surface area contributed by atoms with E-state index in [0.29, 0.717) is 5.56 Å². The van der Waals surface area contributed by atoms with Crippen molar-refractivity contribution < 1.29 is 17.9 Å². The SMILES string of the molecule is COC(=O)Cc1ccc(S(=O)(=O)NCc2cncs2)cc1. The van der Waals surface area contributed by atoms with E-state index >= 15 is 0 Å². The number of hydrogen-bond donors (Lipinski definition) is 1. The maximum absolute atomic E-state index is 12.1. The van der Waals surface area contributed by atoms with Gasteiger partial charge in [0.15, 0.2) is 0 Å². The number of hydrogen-bond acceptors (Lipinski definition) is 6. The fourth-order valence-electron chi connectivity index (χ4n) is 1.60. The molecule has 21 heavy (non-hydrogen) atoms. The molecule has 0 spiro atoms. The normalized spacial score (nSPS) is 11.3. The lowest BCUT2D eigenvalue weighted by molar-refractivity contribution is -0.139. The van der Waals surface area contributed by atoms with Gasteiger partial charge in [-0.05, 0) is 17.7 Å². The molecule has 0 fully saturated rings. The molecule has 0 radical (unpaired) electrons. The number of carbonyl (C=O) groups is 1. The second-order valence-corrected chi connectivity index (χ2v) is 6.93. The molecule has 1 aromatic heterocycles. The largest absolute Gasteiger partial charge is 0.469 e. The first-order chi connectivity index (χ1) is 10.0. The Hall–Kier alpha value is -1.77. The van der Waals surface area contributed by atoms with Gasteiger partial charge in [-0.25, -0.2) is 13.1 Å². The van der Waals surface area contributed by atoms with Crippen molar-refractivity contribution in [1.29, 1.82) is 0 Å². The molecule has 0 saturated carbocycles. The Morgan fingerprint density at radius 3 is 2.62 bits per heavy atom. The van der Waals surface area contributed by atoms with E-state index in [0.717, 1.165) is 4.88 Å². The van der Waals surface area contributed by atoms with Crippen LogP contribution in [0.15, 0.2) is 40.9 Å². The molecule has 112 valence electrons. The minimum atomic E-state index is -3.57. The Kier molecular flexibility index (Phi) is 5.05. The van der Waals surface area contributed by atoms with Crippen LogP contribution in [0, 0.1) is 0 Å². The number of thiazole rings is 1. The molecule has 6 nitrogen and oxygen atoms in total. The van der Waals surface area contributed by atoms with Gasteiger partial charge < -0.3 is 4.74 Å². The zero-order valence-corrected chi connectivity index (χ0v) is 12.9. The van der Waals surface area contributed by atoms with Crippen LogP contribution in [0.3, 0.4) is 0 Å². The summed E-state index contributed by atoms with van der Waals surface area (Å²) in [6, 6.07) is 6.12. The number of esters is 1. The second-order valence-electron chi connectivity index (χ2n) is 4.19. The molecule has 2 rings (SSSR count). The summed E-state index contributed by atoms with van der Waals surface area (Å²) in [4.78, 5) is 16.0. The average Bonchev–Trinajstić information content (AvgIpc) is 2.99. The Bertz CT molecular complexity index is 694. The first-order valence-corrected chi connectivity index (χ1v) is 8.40. The summed E-state index contributed by atoms with van der Waals surface area (Å²) in [5.41, 5.74) is 2.34. The van der Waals surface area contributed by atoms with E-state index in [1.807, 2.05) is 0 Å². The number of rotatable bonds is 6. The lowest BCUT2D eigenvalue weighted by Crippen LogP contribution is -2.22. The maximum Gasteiger partial charge on any atom is 0.309 e. The van der Waals surface area contributed by atoms with Gasteiger partial charge in [0.25, 0.3) is 0 Å². The van der Waals surface area contributed by atoms with Gasteiger partial charge in [0.1, 0.15) is 0 Å². The van der Waals surface area contributed by atoms with Crippen LogP contribution < -0.4 is 4.72 Å². The van der Waals surface area contributed by atoms with E-state index in [1.54, 1.807) is 23.8 Å². The van der Waals surface area contributed by atoms with Crippen molar-refractivity contribution in [2.24, 2.45) is 0 Å². The lowest BCUT2D eigenvalue weighted by atomic mass is 10.2. The van der Waals surface area contributed by atoms with E-state index in [2.05, 4.69) is 14.4 Å². The molecule has 0 unspecified atom stereocenters. The van der Waals surface area contributed by atoms with Crippen LogP contribution in [0.5, 0.6) is 0 Å². The molecule has 0 aliphatic carbocycles. The Morgan fingerprint density at radius 1 is 1.33 bits per heavy atom. The standard InChI is InChI=1S/C13H14N2O4S2/c1-19-13(16)6-10-2-4-12(5-3-10)21(17,18)15-8-11-7-14-9-20-11/h2-5,7,9,15H,6,8H2,1H3. The van der Waals surface area contributed by atoms with Gasteiger partial charge in [0.2, 0.25) is 10.0 Å². The summed E-state index contributed by atoms with van der Waals surface area (Å²) in [7, 11) is -2.26. The molecule has 0 bridgehead atoms. The van der Waals surface area contributed by atoms with Gasteiger partial charge in [-0.2, -0.15) is 0 Å². The molecule has 0 aliphatic heterocycles. The van der Waals surface area contributed by atoms with Crippen LogP contribution in [-0.2, 0) is 32.5 Å². The minimum absolute atomic E-state index is 0.116. The summed E-state index contributed by atoms with van der Waals surface area (Å²) in [5, 5.41) is 0. The number of benzene rings is 1. The topological polar surface area (TPSA) is 85.4 Å². The molecule has 0 saturated heterocycles. The first-order valence-electron chi connectivity index (χ1n) is 6.04. The molecule has 2 aromatic rings. The van der Waals surface area contributed by atoms with E-state index in [9.17, 15) is 13.2 Å². The fourth-order valence-corrected chi connectivity index (χ4v) is 3.24. The zero-order chi connectivity index (χ0) is 15.3. The number of nitrogens with zero attached hydrogens (tertiary/aromatic N) is 1. The summed E-state index contributed by atoms with van der Waals surface area (Å²) >= 11 is 1.38. The summed E-state index contributed by atoms with van der Waals surface area (Å²) < 4.78 is 31.3. The van der Waals surface area contributed by atoms with Crippen LogP contribution in [0.4, 0.5) is 0 Å². The second kappa shape index (κ2) is 6.79. The fraction of sp³-hybridized carbons (Fsp3) is 0.231. The number of sulfonamides is 1. The highest BCUT2D eigenvalue weighted by Crippen LogP contribution is 2.13. The first kappa shape index (κ1) is 15.6. The van der Waals surface area contributed by atoms with Crippen LogP contribution in [0.2, 0.25) is 0 Å². The van der Waals surface area contributed by atoms with Crippen molar-refractivity contribution in [1.82, 2.24) is 9.71 Å². The molecule has 1 N–H and O–H groups in total. The van der Waals surface area contributed by atoms with Gasteiger partial charge in [-0.15, -0.1) is 11.3 Å². The van der Waals surface area contributed by atoms with Crippen molar-refractivity contribution in [2.75, 3.05) is 7.11 Å². The number of aromatic nitrogens is 1. The molecule has 0 amide bonds. The number of methoxy groups -OCH3 is 1. The Morgan fingerprint density at radius 2 is 2.05 bits per heavy atom. The number of carbonyl (C=O) groups excluding carboxylic acids is 1. The predicted molar refractivity (Wildman–Crippen MR) is 78.3 cm³/mol. The zero-order valence-electron chi connectivity index (χ0n) is 11.3. The third-order valence-corrected chi connectivity index (χ3v) is 4.93. The van der Waals surface area contributed by atoms with Crippen molar-refractivity contribution in [2.45, 2.75) is 17.9 Å². The van der Waals surface area contributed by atoms with Crippen molar-refractivity contribution in [3.63, 3.8) is 0 Å². The third-order valence-electron chi connectivity index (χ3n) is 2.73. The third kappa shape index (κ3) is 4.35. The van der Waals surface area contributed by atoms with Gasteiger partial charge in [-0.3, -0.25) is 9.78 Å². The number of nitrogens with one attached hydrogen (secondary N) is 1. The van der Waals surface area contributed by atoms with E-state index in [4.69, 9.17) is 0 Å². The highest BCUT2D eigenvalue weighted by atomic mass is 32.2. The minimum Gasteiger partial charge on any atom is -0.469 e. The maximum atomic E-state index is 12.1. The van der Waals surface area contributed by atoms with E-state index in [1.165, 1.54) is 30.6 Å². The summed E-state index contributed by atoms with van der Waals surface area (Å²) in [5.74, 6) is -0.367. The highest BCUT2D eigenvalue weighted by molar-refractivity contribution is 7.89. The van der Waals surface area contributed by atoms with E-state index < -0.39 is 10.0 Å². The Labute approximate surface area is 126 Å². The summed E-state index contributed by atoms with van der Waals surface area (Å²) in [6.07, 6.45) is 1.73. The van der Waals surface area contributed by atoms with Crippen molar-refractivity contribution >= 4 is 27.3 Å². The quantitative estimate of drug-likeness (QED) is 0.810. The molecular weight excluding hydrogens is 312 g/mol. The smallest absolute Gasteiger partial charge is 0.309 e. The Balaban J connectivity index is 2.04. The highest BCUT2D eigenvalue weighted by Gasteiger charge is 2.14. The van der Waals surface area contributed by atoms with Crippen LogP contribution in [0.25, 0.3) is 0 Å². The molecule has 8 heteroatoms. The van der Waals surface area contributed by atoms with Gasteiger partial charge in [-0.1, -0.05) is 12.1 Å². The lowest BCUT2D eigenvalue weighted by Gasteiger charge is -2.06. The predicted octanol–water partition coefficient (Wildman–Crippen LogP) is 1.34. The van der Waals surface area contributed by atoms with E-state index in [-0.39, 0.29) is 23.8 Å². The van der Waals surface area contributed by atoms with Crippen molar-refractivity contribution in [3.05, 3.63) is 46.4 Å².